The molecule has 0 spiro atoms. The van der Waals surface area contributed by atoms with Gasteiger partial charge in [-0.1, -0.05) is 20.3 Å². The van der Waals surface area contributed by atoms with E-state index in [-0.39, 0.29) is 0 Å². The second-order valence-corrected chi connectivity index (χ2v) is 9.07. The molecule has 1 fully saturated rings. The normalized spacial score (nSPS) is 15.8. The monoisotopic (exact) mass is 430 g/mol. The van der Waals surface area contributed by atoms with E-state index in [1.807, 2.05) is 19.1 Å². The predicted octanol–water partition coefficient (Wildman–Crippen LogP) is 4.23. The van der Waals surface area contributed by atoms with E-state index in [1.165, 1.54) is 24.3 Å². The van der Waals surface area contributed by atoms with Gasteiger partial charge in [-0.2, -0.15) is 0 Å². The molecular weight excluding hydrogens is 396 g/mol. The van der Waals surface area contributed by atoms with Crippen LogP contribution in [-0.4, -0.2) is 34.7 Å². The van der Waals surface area contributed by atoms with Gasteiger partial charge in [0.15, 0.2) is 5.13 Å². The standard InChI is InChI=1S/C22H34N6OS/c1-14(2)18-13-30-22(27-18)25-12-19(28(4)24)21(23)17-10-11-20(15(3)26-17)29-16-8-6-5-7-9-16/h10-11,13-14,16H,5-9,12,23-24H2,1-4H3,(H,25,27)/b21-19-. The second kappa shape index (κ2) is 10.1. The smallest absolute Gasteiger partial charge is 0.183 e. The molecule has 0 aliphatic heterocycles. The molecule has 0 bridgehead atoms. The molecule has 7 nitrogen and oxygen atoms in total. The number of nitrogens with one attached hydrogen (secondary N) is 1. The molecule has 2 aromatic rings. The number of likely N-dealkylation sites (N-methyl/N-ethyl adjacent to an activating group) is 1. The highest BCUT2D eigenvalue weighted by atomic mass is 32.1. The van der Waals surface area contributed by atoms with Crippen LogP contribution < -0.4 is 21.6 Å². The average molecular weight is 431 g/mol. The maximum atomic E-state index is 6.46. The fourth-order valence-corrected chi connectivity index (χ4v) is 4.41. The van der Waals surface area contributed by atoms with Crippen LogP contribution in [0.15, 0.2) is 23.2 Å². The van der Waals surface area contributed by atoms with E-state index < -0.39 is 0 Å². The first-order valence-electron chi connectivity index (χ1n) is 10.7. The third-order valence-electron chi connectivity index (χ3n) is 5.42. The third kappa shape index (κ3) is 5.64. The van der Waals surface area contributed by atoms with Gasteiger partial charge in [-0.25, -0.2) is 15.8 Å². The number of hydrazine groups is 1. The van der Waals surface area contributed by atoms with Crippen LogP contribution in [0, 0.1) is 6.92 Å². The van der Waals surface area contributed by atoms with Gasteiger partial charge in [0.05, 0.1) is 41.1 Å². The van der Waals surface area contributed by atoms with Crippen molar-refractivity contribution >= 4 is 22.2 Å². The lowest BCUT2D eigenvalue weighted by Crippen LogP contribution is -2.32. The van der Waals surface area contributed by atoms with Crippen molar-refractivity contribution in [3.05, 3.63) is 40.3 Å². The first kappa shape index (κ1) is 22.4. The summed E-state index contributed by atoms with van der Waals surface area (Å²) in [6, 6.07) is 3.88. The highest BCUT2D eigenvalue weighted by Gasteiger charge is 2.17. The lowest BCUT2D eigenvalue weighted by Gasteiger charge is -2.24. The summed E-state index contributed by atoms with van der Waals surface area (Å²) in [6.07, 6.45) is 6.31. The van der Waals surface area contributed by atoms with Gasteiger partial charge in [0.2, 0.25) is 0 Å². The van der Waals surface area contributed by atoms with Gasteiger partial charge < -0.3 is 20.8 Å². The van der Waals surface area contributed by atoms with Gasteiger partial charge in [-0.15, -0.1) is 11.3 Å². The SMILES string of the molecule is Cc1nc(/C(N)=C(\CNc2nc(C(C)C)cs2)N(C)N)ccc1OC1CCCCC1. The molecule has 0 amide bonds. The minimum atomic E-state index is 0.293. The zero-order chi connectivity index (χ0) is 21.7. The van der Waals surface area contributed by atoms with E-state index >= 15 is 0 Å². The Morgan fingerprint density at radius 2 is 2.00 bits per heavy atom. The van der Waals surface area contributed by atoms with E-state index in [2.05, 4.69) is 29.5 Å². The number of anilines is 1. The number of pyridine rings is 1. The van der Waals surface area contributed by atoms with Crippen molar-refractivity contribution < 1.29 is 4.74 Å². The topological polar surface area (TPSA) is 102 Å². The van der Waals surface area contributed by atoms with Gasteiger partial charge in [0.25, 0.3) is 0 Å². The minimum absolute atomic E-state index is 0.293. The summed E-state index contributed by atoms with van der Waals surface area (Å²) in [5, 5.41) is 7.78. The van der Waals surface area contributed by atoms with Gasteiger partial charge in [0, 0.05) is 12.4 Å². The Labute approximate surface area is 183 Å². The number of ether oxygens (including phenoxy) is 1. The molecule has 0 aromatic carbocycles. The fourth-order valence-electron chi connectivity index (χ4n) is 3.53. The largest absolute Gasteiger partial charge is 0.489 e. The molecule has 2 heterocycles. The number of hydrogen-bond acceptors (Lipinski definition) is 8. The number of rotatable bonds is 8. The van der Waals surface area contributed by atoms with Crippen LogP contribution >= 0.6 is 11.3 Å². The summed E-state index contributed by atoms with van der Waals surface area (Å²) in [6.45, 7) is 6.68. The molecule has 0 unspecified atom stereocenters. The molecule has 2 aromatic heterocycles. The summed E-state index contributed by atoms with van der Waals surface area (Å²) in [5.74, 6) is 7.31. The van der Waals surface area contributed by atoms with E-state index in [0.717, 1.165) is 40.8 Å². The Hall–Kier alpha value is -2.32. The number of thiazole rings is 1. The quantitative estimate of drug-likeness (QED) is 0.425. The minimum Gasteiger partial charge on any atom is -0.489 e. The summed E-state index contributed by atoms with van der Waals surface area (Å²) < 4.78 is 6.18. The van der Waals surface area contributed by atoms with Gasteiger partial charge in [-0.05, 0) is 50.7 Å². The van der Waals surface area contributed by atoms with Crippen LogP contribution in [0.1, 0.15) is 69.0 Å². The Morgan fingerprint density at radius 3 is 2.60 bits per heavy atom. The molecule has 0 radical (unpaired) electrons. The highest BCUT2D eigenvalue weighted by Crippen LogP contribution is 2.27. The fraction of sp³-hybridized carbons (Fsp3) is 0.545. The zero-order valence-corrected chi connectivity index (χ0v) is 19.3. The molecular formula is C22H34N6OS. The van der Waals surface area contributed by atoms with Crippen molar-refractivity contribution in [1.29, 1.82) is 0 Å². The van der Waals surface area contributed by atoms with Crippen LogP contribution in [0.3, 0.4) is 0 Å². The lowest BCUT2D eigenvalue weighted by molar-refractivity contribution is 0.153. The number of nitrogens with two attached hydrogens (primary N) is 2. The zero-order valence-electron chi connectivity index (χ0n) is 18.4. The number of hydrogen-bond donors (Lipinski definition) is 3. The second-order valence-electron chi connectivity index (χ2n) is 8.21. The van der Waals surface area contributed by atoms with Crippen LogP contribution in [0.5, 0.6) is 5.75 Å². The first-order chi connectivity index (χ1) is 14.3. The summed E-state index contributed by atoms with van der Waals surface area (Å²) in [4.78, 5) is 9.30. The molecule has 0 atom stereocenters. The van der Waals surface area contributed by atoms with Crippen molar-refractivity contribution in [2.24, 2.45) is 11.6 Å². The number of aryl methyl sites for hydroxylation is 1. The Balaban J connectivity index is 1.73. The highest BCUT2D eigenvalue weighted by molar-refractivity contribution is 7.13. The van der Waals surface area contributed by atoms with Crippen molar-refractivity contribution in [3.63, 3.8) is 0 Å². The first-order valence-corrected chi connectivity index (χ1v) is 11.5. The molecule has 1 saturated carbocycles. The number of nitrogens with zero attached hydrogens (tertiary/aromatic N) is 3. The van der Waals surface area contributed by atoms with Gasteiger partial charge in [0.1, 0.15) is 5.75 Å². The predicted molar refractivity (Wildman–Crippen MR) is 124 cm³/mol. The molecule has 1 aliphatic carbocycles. The van der Waals surface area contributed by atoms with Crippen molar-refractivity contribution in [1.82, 2.24) is 15.0 Å². The summed E-state index contributed by atoms with van der Waals surface area (Å²) >= 11 is 1.58. The van der Waals surface area contributed by atoms with E-state index in [9.17, 15) is 0 Å². The molecule has 30 heavy (non-hydrogen) atoms. The van der Waals surface area contributed by atoms with Crippen LogP contribution in [-0.2, 0) is 0 Å². The molecule has 164 valence electrons. The van der Waals surface area contributed by atoms with Crippen LogP contribution in [0.2, 0.25) is 0 Å². The van der Waals surface area contributed by atoms with E-state index in [0.29, 0.717) is 30.0 Å². The summed E-state index contributed by atoms with van der Waals surface area (Å²) in [5.41, 5.74) is 10.4. The molecule has 5 N–H and O–H groups in total. The van der Waals surface area contributed by atoms with E-state index in [1.54, 1.807) is 18.4 Å². The van der Waals surface area contributed by atoms with Crippen molar-refractivity contribution in [3.8, 4) is 5.75 Å². The molecule has 8 heteroatoms. The number of aromatic nitrogens is 2. The maximum Gasteiger partial charge on any atom is 0.183 e. The Bertz CT molecular complexity index is 870. The Kier molecular flexibility index (Phi) is 7.55. The molecule has 0 saturated heterocycles. The Morgan fingerprint density at radius 1 is 1.27 bits per heavy atom. The average Bonchev–Trinajstić information content (AvgIpc) is 3.19. The van der Waals surface area contributed by atoms with Crippen LogP contribution in [0.25, 0.3) is 5.70 Å². The van der Waals surface area contributed by atoms with Gasteiger partial charge in [-0.3, -0.25) is 0 Å². The third-order valence-corrected chi connectivity index (χ3v) is 6.23. The van der Waals surface area contributed by atoms with Crippen LogP contribution in [0.4, 0.5) is 5.13 Å². The van der Waals surface area contributed by atoms with Crippen molar-refractivity contribution in [2.75, 3.05) is 18.9 Å². The van der Waals surface area contributed by atoms with Crippen molar-refractivity contribution in [2.45, 2.75) is 64.9 Å². The van der Waals surface area contributed by atoms with Gasteiger partial charge >= 0.3 is 0 Å². The molecule has 1 aliphatic rings. The maximum absolute atomic E-state index is 6.46. The summed E-state index contributed by atoms with van der Waals surface area (Å²) in [7, 11) is 1.78. The lowest BCUT2D eigenvalue weighted by atomic mass is 9.98. The molecule has 3 rings (SSSR count). The van der Waals surface area contributed by atoms with E-state index in [4.69, 9.17) is 21.3 Å².